The fourth-order valence-corrected chi connectivity index (χ4v) is 3.78. The van der Waals surface area contributed by atoms with Crippen LogP contribution in [0.3, 0.4) is 0 Å². The number of hydrogen-bond acceptors (Lipinski definition) is 4. The summed E-state index contributed by atoms with van der Waals surface area (Å²) < 4.78 is 0. The van der Waals surface area contributed by atoms with E-state index in [1.165, 1.54) is 18.7 Å². The van der Waals surface area contributed by atoms with Gasteiger partial charge in [-0.25, -0.2) is 0 Å². The van der Waals surface area contributed by atoms with Crippen molar-refractivity contribution in [2.24, 2.45) is 0 Å². The summed E-state index contributed by atoms with van der Waals surface area (Å²) in [5.41, 5.74) is 4.13. The zero-order valence-electron chi connectivity index (χ0n) is 17.3. The maximum Gasteiger partial charge on any atom is 0.234 e. The molecule has 3 aromatic rings. The first kappa shape index (κ1) is 22.5. The highest BCUT2D eigenvalue weighted by Crippen LogP contribution is 2.23. The van der Waals surface area contributed by atoms with Crippen LogP contribution in [0.5, 0.6) is 0 Å². The van der Waals surface area contributed by atoms with Gasteiger partial charge in [0.15, 0.2) is 10.9 Å². The van der Waals surface area contributed by atoms with Crippen molar-refractivity contribution in [3.05, 3.63) is 83.9 Å². The van der Waals surface area contributed by atoms with E-state index in [0.29, 0.717) is 16.4 Å². The van der Waals surface area contributed by atoms with E-state index in [1.807, 2.05) is 67.6 Å². The average Bonchev–Trinajstić information content (AvgIpc) is 2.74. The largest absolute Gasteiger partial charge is 0.332 e. The number of Topliss-reactive ketones (excluding diaryl/α,β-unsaturated/α-hetero) is 1. The topological polar surface area (TPSA) is 70.2 Å². The minimum absolute atomic E-state index is 0.0224. The normalized spacial score (nSPS) is 10.3. The molecule has 0 heterocycles. The molecule has 3 rings (SSSR count). The molecule has 0 aliphatic heterocycles. The quantitative estimate of drug-likeness (QED) is 0.243. The van der Waals surface area contributed by atoms with Crippen LogP contribution in [0.4, 0.5) is 17.1 Å². The fraction of sp³-hybridized carbons (Fsp3) is 0.125. The van der Waals surface area contributed by atoms with Crippen molar-refractivity contribution in [3.63, 3.8) is 0 Å². The highest BCUT2D eigenvalue weighted by Gasteiger charge is 2.07. The van der Waals surface area contributed by atoms with Gasteiger partial charge in [0.25, 0.3) is 0 Å². The molecule has 0 saturated carbocycles. The number of thioether (sulfide) groups is 1. The molecule has 0 unspecified atom stereocenters. The minimum atomic E-state index is -0.0520. The summed E-state index contributed by atoms with van der Waals surface area (Å²) in [5, 5.41) is 9.62. The Bertz CT molecular complexity index is 1100. The molecule has 0 aromatic heterocycles. The number of anilines is 3. The number of rotatable bonds is 7. The van der Waals surface area contributed by atoms with Crippen LogP contribution in [0.15, 0.2) is 77.7 Å². The second-order valence-corrected chi connectivity index (χ2v) is 8.35. The lowest BCUT2D eigenvalue weighted by molar-refractivity contribution is -0.113. The van der Waals surface area contributed by atoms with E-state index in [2.05, 4.69) is 16.0 Å². The summed E-state index contributed by atoms with van der Waals surface area (Å²) >= 11 is 6.83. The second-order valence-electron chi connectivity index (χ2n) is 6.89. The van der Waals surface area contributed by atoms with Crippen LogP contribution in [0.1, 0.15) is 22.8 Å². The molecule has 0 saturated heterocycles. The summed E-state index contributed by atoms with van der Waals surface area (Å²) in [5.74, 6) is 0.279. The molecule has 1 amide bonds. The second kappa shape index (κ2) is 10.7. The third kappa shape index (κ3) is 6.94. The number of hydrogen-bond donors (Lipinski definition) is 3. The molecule has 3 aromatic carbocycles. The van der Waals surface area contributed by atoms with Crippen LogP contribution < -0.4 is 16.0 Å². The van der Waals surface area contributed by atoms with E-state index in [-0.39, 0.29) is 11.7 Å². The monoisotopic (exact) mass is 449 g/mol. The number of carbonyl (C=O) groups excluding carboxylic acids is 2. The number of aryl methyl sites for hydroxylation is 1. The lowest BCUT2D eigenvalue weighted by Crippen LogP contribution is -2.19. The molecule has 0 aliphatic carbocycles. The van der Waals surface area contributed by atoms with Gasteiger partial charge in [0.2, 0.25) is 5.91 Å². The van der Waals surface area contributed by atoms with E-state index in [4.69, 9.17) is 12.2 Å². The van der Waals surface area contributed by atoms with Crippen molar-refractivity contribution in [3.8, 4) is 0 Å². The Morgan fingerprint density at radius 3 is 2.29 bits per heavy atom. The Labute approximate surface area is 191 Å². The van der Waals surface area contributed by atoms with Gasteiger partial charge >= 0.3 is 0 Å². The molecule has 0 radical (unpaired) electrons. The number of amides is 1. The van der Waals surface area contributed by atoms with Crippen molar-refractivity contribution < 1.29 is 9.59 Å². The highest BCUT2D eigenvalue weighted by atomic mass is 32.2. The number of para-hydroxylation sites is 1. The van der Waals surface area contributed by atoms with Crippen molar-refractivity contribution in [2.45, 2.75) is 18.7 Å². The van der Waals surface area contributed by atoms with Gasteiger partial charge in [0, 0.05) is 27.5 Å². The fourth-order valence-electron chi connectivity index (χ4n) is 2.79. The number of ketones is 1. The van der Waals surface area contributed by atoms with E-state index in [1.54, 1.807) is 12.1 Å². The predicted octanol–water partition coefficient (Wildman–Crippen LogP) is 5.74. The molecule has 0 bridgehead atoms. The standard InChI is InChI=1S/C24H23N3O2S2/c1-16-6-3-4-9-22(16)27-23(29)15-31-21-8-5-7-20(14-21)26-24(30)25-19-12-10-18(11-13-19)17(2)28/h3-14H,15H2,1-2H3,(H,27,29)(H2,25,26,30). The van der Waals surface area contributed by atoms with Crippen LogP contribution in [-0.2, 0) is 4.79 Å². The summed E-state index contributed by atoms with van der Waals surface area (Å²) in [6, 6.07) is 22.5. The van der Waals surface area contributed by atoms with Crippen molar-refractivity contribution in [1.82, 2.24) is 0 Å². The molecule has 31 heavy (non-hydrogen) atoms. The SMILES string of the molecule is CC(=O)c1ccc(NC(=S)Nc2cccc(SCC(=O)Nc3ccccc3C)c2)cc1. The molecule has 0 aliphatic rings. The molecule has 158 valence electrons. The first-order valence-corrected chi connectivity index (χ1v) is 11.1. The summed E-state index contributed by atoms with van der Waals surface area (Å²) in [4.78, 5) is 24.6. The van der Waals surface area contributed by atoms with Gasteiger partial charge in [0.05, 0.1) is 5.75 Å². The maximum absolute atomic E-state index is 12.3. The Balaban J connectivity index is 1.52. The zero-order chi connectivity index (χ0) is 22.2. The van der Waals surface area contributed by atoms with Crippen LogP contribution in [0.2, 0.25) is 0 Å². The van der Waals surface area contributed by atoms with Gasteiger partial charge in [0.1, 0.15) is 0 Å². The lowest BCUT2D eigenvalue weighted by Gasteiger charge is -2.12. The molecule has 5 nitrogen and oxygen atoms in total. The van der Waals surface area contributed by atoms with Gasteiger partial charge in [-0.15, -0.1) is 11.8 Å². The third-order valence-electron chi connectivity index (χ3n) is 4.43. The number of thiocarbonyl (C=S) groups is 1. The van der Waals surface area contributed by atoms with E-state index >= 15 is 0 Å². The number of benzene rings is 3. The van der Waals surface area contributed by atoms with Gasteiger partial charge in [-0.1, -0.05) is 24.3 Å². The van der Waals surface area contributed by atoms with E-state index in [0.717, 1.165) is 27.5 Å². The molecule has 0 atom stereocenters. The highest BCUT2D eigenvalue weighted by molar-refractivity contribution is 8.00. The van der Waals surface area contributed by atoms with Crippen LogP contribution in [-0.4, -0.2) is 22.6 Å². The van der Waals surface area contributed by atoms with Crippen molar-refractivity contribution >= 4 is 57.8 Å². The Morgan fingerprint density at radius 2 is 1.58 bits per heavy atom. The number of nitrogens with one attached hydrogen (secondary N) is 3. The predicted molar refractivity (Wildman–Crippen MR) is 133 cm³/mol. The van der Waals surface area contributed by atoms with Crippen molar-refractivity contribution in [2.75, 3.05) is 21.7 Å². The summed E-state index contributed by atoms with van der Waals surface area (Å²) in [7, 11) is 0. The zero-order valence-corrected chi connectivity index (χ0v) is 18.9. The van der Waals surface area contributed by atoms with Gasteiger partial charge in [-0.3, -0.25) is 9.59 Å². The minimum Gasteiger partial charge on any atom is -0.332 e. The molecule has 0 spiro atoms. The third-order valence-corrected chi connectivity index (χ3v) is 5.63. The van der Waals surface area contributed by atoms with Gasteiger partial charge in [-0.05, 0) is 80.2 Å². The smallest absolute Gasteiger partial charge is 0.234 e. The molecular formula is C24H23N3O2S2. The first-order chi connectivity index (χ1) is 14.9. The Hall–Kier alpha value is -3.16. The lowest BCUT2D eigenvalue weighted by atomic mass is 10.1. The van der Waals surface area contributed by atoms with Crippen LogP contribution in [0.25, 0.3) is 0 Å². The van der Waals surface area contributed by atoms with E-state index in [9.17, 15) is 9.59 Å². The maximum atomic E-state index is 12.3. The van der Waals surface area contributed by atoms with Crippen molar-refractivity contribution in [1.29, 1.82) is 0 Å². The first-order valence-electron chi connectivity index (χ1n) is 9.68. The van der Waals surface area contributed by atoms with Gasteiger partial charge < -0.3 is 16.0 Å². The molecular weight excluding hydrogens is 426 g/mol. The summed E-state index contributed by atoms with van der Waals surface area (Å²) in [6.45, 7) is 3.50. The molecule has 3 N–H and O–H groups in total. The average molecular weight is 450 g/mol. The Kier molecular flexibility index (Phi) is 7.81. The van der Waals surface area contributed by atoms with Gasteiger partial charge in [-0.2, -0.15) is 0 Å². The van der Waals surface area contributed by atoms with Crippen LogP contribution in [0, 0.1) is 6.92 Å². The Morgan fingerprint density at radius 1 is 0.871 bits per heavy atom. The van der Waals surface area contributed by atoms with Crippen LogP contribution >= 0.6 is 24.0 Å². The van der Waals surface area contributed by atoms with E-state index < -0.39 is 0 Å². The summed E-state index contributed by atoms with van der Waals surface area (Å²) in [6.07, 6.45) is 0. The number of carbonyl (C=O) groups is 2. The molecule has 0 fully saturated rings. The molecule has 7 heteroatoms.